The van der Waals surface area contributed by atoms with Crippen LogP contribution in [0.4, 0.5) is 0 Å². The Labute approximate surface area is 129 Å². The number of phenolic OH excluding ortho intramolecular Hbond substituents is 1. The zero-order chi connectivity index (χ0) is 13.1. The van der Waals surface area contributed by atoms with Gasteiger partial charge in [0.15, 0.2) is 0 Å². The van der Waals surface area contributed by atoms with Crippen LogP contribution in [-0.4, -0.2) is 22.4 Å². The number of rotatable bonds is 3. The summed E-state index contributed by atoms with van der Waals surface area (Å²) in [6.45, 7) is 0.716. The lowest BCUT2D eigenvalue weighted by Gasteiger charge is -2.11. The summed E-state index contributed by atoms with van der Waals surface area (Å²) in [5.41, 5.74) is 0.515. The van der Waals surface area contributed by atoms with Crippen molar-refractivity contribution in [2.45, 2.75) is 24.1 Å². The summed E-state index contributed by atoms with van der Waals surface area (Å²) in [6.07, 6.45) is 3.47. The van der Waals surface area contributed by atoms with E-state index in [2.05, 4.69) is 21.2 Å². The molecule has 98 valence electrons. The maximum atomic E-state index is 11.9. The first kappa shape index (κ1) is 14.1. The second-order valence-electron chi connectivity index (χ2n) is 4.65. The van der Waals surface area contributed by atoms with Crippen LogP contribution in [0.5, 0.6) is 5.75 Å². The van der Waals surface area contributed by atoms with E-state index in [1.165, 1.54) is 12.5 Å². The third-order valence-electron chi connectivity index (χ3n) is 3.24. The molecule has 0 radical (unpaired) electrons. The number of benzene rings is 1. The first-order valence-electron chi connectivity index (χ1n) is 5.97. The van der Waals surface area contributed by atoms with Crippen molar-refractivity contribution in [2.24, 2.45) is 5.92 Å². The van der Waals surface area contributed by atoms with Gasteiger partial charge in [0.25, 0.3) is 5.91 Å². The van der Waals surface area contributed by atoms with Crippen LogP contribution in [0.15, 0.2) is 18.2 Å². The Morgan fingerprint density at radius 1 is 1.50 bits per heavy atom. The van der Waals surface area contributed by atoms with E-state index in [4.69, 9.17) is 0 Å². The molecule has 18 heavy (non-hydrogen) atoms. The molecule has 1 aromatic carbocycles. The predicted molar refractivity (Wildman–Crippen MR) is 83.2 cm³/mol. The maximum Gasteiger partial charge on any atom is 0.251 e. The summed E-state index contributed by atoms with van der Waals surface area (Å²) in [4.78, 5) is 12.5. The summed E-state index contributed by atoms with van der Waals surface area (Å²) >= 11 is 5.63. The third-order valence-corrected chi connectivity index (χ3v) is 4.98. The fraction of sp³-hybridized carbons (Fsp3) is 0.462. The van der Waals surface area contributed by atoms with Crippen LogP contribution in [-0.2, 0) is 0 Å². The first-order chi connectivity index (χ1) is 8.56. The van der Waals surface area contributed by atoms with Gasteiger partial charge in [-0.3, -0.25) is 4.79 Å². The fourth-order valence-corrected chi connectivity index (χ4v) is 3.32. The Morgan fingerprint density at radius 2 is 2.28 bits per heavy atom. The average Bonchev–Trinajstić information content (AvgIpc) is 2.75. The highest BCUT2D eigenvalue weighted by molar-refractivity contribution is 14.1. The Hall–Kier alpha value is -0.300. The number of aromatic hydroxyl groups is 1. The summed E-state index contributed by atoms with van der Waals surface area (Å²) < 4.78 is 0.752. The smallest absolute Gasteiger partial charge is 0.251 e. The molecule has 0 aliphatic heterocycles. The van der Waals surface area contributed by atoms with Gasteiger partial charge in [0, 0.05) is 16.9 Å². The summed E-state index contributed by atoms with van der Waals surface area (Å²) in [7, 11) is 0. The molecule has 2 N–H and O–H groups in total. The van der Waals surface area contributed by atoms with Gasteiger partial charge in [0.05, 0.1) is 3.57 Å². The van der Waals surface area contributed by atoms with Crippen LogP contribution in [0.1, 0.15) is 29.6 Å². The first-order valence-corrected chi connectivity index (χ1v) is 7.96. The number of hydrogen-bond acceptors (Lipinski definition) is 2. The molecule has 1 aromatic rings. The van der Waals surface area contributed by atoms with Crippen molar-refractivity contribution in [2.75, 3.05) is 6.54 Å². The number of phenols is 1. The zero-order valence-corrected chi connectivity index (χ0v) is 13.6. The molecular weight excluding hydrogens is 409 g/mol. The zero-order valence-electron chi connectivity index (χ0n) is 9.83. The highest BCUT2D eigenvalue weighted by Gasteiger charge is 2.22. The lowest BCUT2D eigenvalue weighted by molar-refractivity contribution is 0.0947. The molecular formula is C13H15BrINO2. The maximum absolute atomic E-state index is 11.9. The third kappa shape index (κ3) is 3.60. The molecule has 0 aromatic heterocycles. The second-order valence-corrected chi connectivity index (χ2v) is 7.11. The van der Waals surface area contributed by atoms with Crippen LogP contribution in [0.3, 0.4) is 0 Å². The van der Waals surface area contributed by atoms with Gasteiger partial charge < -0.3 is 10.4 Å². The average molecular weight is 424 g/mol. The van der Waals surface area contributed by atoms with Gasteiger partial charge >= 0.3 is 0 Å². The normalized spacial score (nSPS) is 23.0. The molecule has 1 aliphatic rings. The molecule has 0 heterocycles. The van der Waals surface area contributed by atoms with Gasteiger partial charge in [-0.2, -0.15) is 0 Å². The van der Waals surface area contributed by atoms with E-state index >= 15 is 0 Å². The molecule has 2 atom stereocenters. The van der Waals surface area contributed by atoms with Crippen LogP contribution < -0.4 is 5.32 Å². The minimum atomic E-state index is -0.111. The molecule has 2 rings (SSSR count). The molecule has 3 nitrogen and oxygen atoms in total. The SMILES string of the molecule is O=C(NCC1CCC(Br)C1)c1ccc(I)c(O)c1. The van der Waals surface area contributed by atoms with E-state index in [1.54, 1.807) is 12.1 Å². The number of amides is 1. The summed E-state index contributed by atoms with van der Waals surface area (Å²) in [6, 6.07) is 4.99. The number of carbonyl (C=O) groups is 1. The van der Waals surface area contributed by atoms with Gasteiger partial charge in [-0.15, -0.1) is 0 Å². The van der Waals surface area contributed by atoms with Crippen LogP contribution in [0.25, 0.3) is 0 Å². The highest BCUT2D eigenvalue weighted by Crippen LogP contribution is 2.30. The lowest BCUT2D eigenvalue weighted by atomic mass is 10.1. The quantitative estimate of drug-likeness (QED) is 0.578. The second kappa shape index (κ2) is 6.23. The molecule has 1 amide bonds. The summed E-state index contributed by atoms with van der Waals surface area (Å²) in [5.74, 6) is 0.611. The molecule has 1 fully saturated rings. The predicted octanol–water partition coefficient (Wildman–Crippen LogP) is 3.29. The highest BCUT2D eigenvalue weighted by atomic mass is 127. The van der Waals surface area contributed by atoms with Crippen molar-refractivity contribution < 1.29 is 9.90 Å². The summed E-state index contributed by atoms with van der Waals surface area (Å²) in [5, 5.41) is 12.5. The number of hydrogen-bond donors (Lipinski definition) is 2. The van der Waals surface area contributed by atoms with Gasteiger partial charge in [0.2, 0.25) is 0 Å². The topological polar surface area (TPSA) is 49.3 Å². The van der Waals surface area contributed by atoms with Crippen molar-refractivity contribution in [3.63, 3.8) is 0 Å². The monoisotopic (exact) mass is 423 g/mol. The molecule has 2 unspecified atom stereocenters. The van der Waals surface area contributed by atoms with E-state index < -0.39 is 0 Å². The van der Waals surface area contributed by atoms with Crippen molar-refractivity contribution >= 4 is 44.4 Å². The Balaban J connectivity index is 1.89. The van der Waals surface area contributed by atoms with Crippen molar-refractivity contribution in [1.29, 1.82) is 0 Å². The molecule has 0 bridgehead atoms. The Bertz CT molecular complexity index is 453. The largest absolute Gasteiger partial charge is 0.507 e. The van der Waals surface area contributed by atoms with Gasteiger partial charge in [0.1, 0.15) is 5.75 Å². The number of carbonyl (C=O) groups excluding carboxylic acids is 1. The fourth-order valence-electron chi connectivity index (χ4n) is 2.19. The van der Waals surface area contributed by atoms with Crippen LogP contribution >= 0.6 is 38.5 Å². The van der Waals surface area contributed by atoms with E-state index in [-0.39, 0.29) is 11.7 Å². The van der Waals surface area contributed by atoms with E-state index in [9.17, 15) is 9.90 Å². The van der Waals surface area contributed by atoms with Gasteiger partial charge in [-0.05, 0) is 66.0 Å². The van der Waals surface area contributed by atoms with Gasteiger partial charge in [-0.1, -0.05) is 15.9 Å². The molecule has 0 saturated heterocycles. The number of halogens is 2. The van der Waals surface area contributed by atoms with Crippen LogP contribution in [0.2, 0.25) is 0 Å². The number of alkyl halides is 1. The minimum Gasteiger partial charge on any atom is -0.507 e. The van der Waals surface area contributed by atoms with Crippen molar-refractivity contribution in [3.8, 4) is 5.75 Å². The molecule has 0 spiro atoms. The van der Waals surface area contributed by atoms with Crippen molar-refractivity contribution in [1.82, 2.24) is 5.32 Å². The standard InChI is InChI=1S/C13H15BrINO2/c14-10-3-1-8(5-10)7-16-13(18)9-2-4-11(15)12(17)6-9/h2,4,6,8,10,17H,1,3,5,7H2,(H,16,18). The minimum absolute atomic E-state index is 0.111. The molecule has 5 heteroatoms. The van der Waals surface area contributed by atoms with Crippen molar-refractivity contribution in [3.05, 3.63) is 27.3 Å². The van der Waals surface area contributed by atoms with Crippen LogP contribution in [0, 0.1) is 9.49 Å². The van der Waals surface area contributed by atoms with E-state index in [1.807, 2.05) is 22.6 Å². The molecule has 1 saturated carbocycles. The lowest BCUT2D eigenvalue weighted by Crippen LogP contribution is -2.28. The van der Waals surface area contributed by atoms with Gasteiger partial charge in [-0.25, -0.2) is 0 Å². The van der Waals surface area contributed by atoms with E-state index in [0.29, 0.717) is 22.9 Å². The Kier molecular flexibility index (Phi) is 4.89. The number of nitrogens with one attached hydrogen (secondary N) is 1. The Morgan fingerprint density at radius 3 is 2.89 bits per heavy atom. The molecule has 1 aliphatic carbocycles. The van der Waals surface area contributed by atoms with E-state index in [0.717, 1.165) is 16.4 Å².